The van der Waals surface area contributed by atoms with Crippen molar-refractivity contribution < 1.29 is 13.8 Å². The summed E-state index contributed by atoms with van der Waals surface area (Å²) in [6.07, 6.45) is 3.18. The molecule has 0 saturated heterocycles. The van der Waals surface area contributed by atoms with Gasteiger partial charge in [0, 0.05) is 18.0 Å². The van der Waals surface area contributed by atoms with E-state index in [1.54, 1.807) is 36.7 Å². The van der Waals surface area contributed by atoms with E-state index in [1.165, 1.54) is 0 Å². The lowest BCUT2D eigenvalue weighted by molar-refractivity contribution is 0.106. The molecular weight excluding hydrogens is 377 g/mol. The maximum Gasteiger partial charge on any atom is 0.360 e. The van der Waals surface area contributed by atoms with E-state index in [1.807, 2.05) is 51.1 Å². The van der Waals surface area contributed by atoms with Crippen LogP contribution in [0.5, 0.6) is 11.5 Å². The average Bonchev–Trinajstić information content (AvgIpc) is 2.62. The van der Waals surface area contributed by atoms with Crippen LogP contribution in [0.1, 0.15) is 27.0 Å². The molecule has 1 aromatic heterocycles. The summed E-state index contributed by atoms with van der Waals surface area (Å²) in [5.74, 6) is 0.964. The van der Waals surface area contributed by atoms with E-state index in [0.717, 1.165) is 16.7 Å². The zero-order valence-electron chi connectivity index (χ0n) is 15.4. The number of hydrogen-bond donors (Lipinski definition) is 0. The number of benzene rings is 2. The lowest BCUT2D eigenvalue weighted by Gasteiger charge is -2.24. The van der Waals surface area contributed by atoms with Crippen LogP contribution in [0.15, 0.2) is 67.0 Å². The number of aromatic nitrogens is 1. The van der Waals surface area contributed by atoms with E-state index in [-0.39, 0.29) is 5.52 Å². The molecule has 0 amide bonds. The first-order valence-corrected chi connectivity index (χ1v) is 11.1. The minimum absolute atomic E-state index is 0.298. The number of rotatable bonds is 6. The fraction of sp³-hybridized carbons (Fsp3) is 0.143. The normalized spacial score (nSPS) is 12.9. The monoisotopic (exact) mass is 397 g/mol. The highest BCUT2D eigenvalue weighted by atomic mass is 32.5. The first kappa shape index (κ1) is 19.3. The van der Waals surface area contributed by atoms with Crippen molar-refractivity contribution in [2.75, 3.05) is 0 Å². The second-order valence-corrected chi connectivity index (χ2v) is 9.46. The Hall–Kier alpha value is -2.49. The molecular formula is C21H20NO3PS. The number of aryl methyl sites for hydroxylation is 3. The van der Waals surface area contributed by atoms with E-state index in [2.05, 4.69) is 4.98 Å². The Morgan fingerprint density at radius 2 is 1.41 bits per heavy atom. The Bertz CT molecular complexity index is 938. The summed E-state index contributed by atoms with van der Waals surface area (Å²) in [7, 11) is 0. The summed E-state index contributed by atoms with van der Waals surface area (Å²) in [5, 5.41) is 0. The third-order valence-corrected chi connectivity index (χ3v) is 6.55. The molecule has 1 heterocycles. The van der Waals surface area contributed by atoms with Gasteiger partial charge in [0.1, 0.15) is 11.5 Å². The highest BCUT2D eigenvalue weighted by Gasteiger charge is 2.36. The molecule has 138 valence electrons. The summed E-state index contributed by atoms with van der Waals surface area (Å²) >= 11 is 5.72. The minimum Gasteiger partial charge on any atom is -0.430 e. The molecule has 0 radical (unpaired) electrons. The van der Waals surface area contributed by atoms with Crippen molar-refractivity contribution in [2.45, 2.75) is 20.8 Å². The average molecular weight is 397 g/mol. The molecule has 27 heavy (non-hydrogen) atoms. The predicted molar refractivity (Wildman–Crippen MR) is 111 cm³/mol. The van der Waals surface area contributed by atoms with Gasteiger partial charge in [-0.3, -0.25) is 9.78 Å². The van der Waals surface area contributed by atoms with Crippen LogP contribution in [0.3, 0.4) is 0 Å². The van der Waals surface area contributed by atoms with Gasteiger partial charge in [-0.15, -0.1) is 0 Å². The summed E-state index contributed by atoms with van der Waals surface area (Å²) in [4.78, 5) is 17.5. The molecule has 1 atom stereocenters. The molecule has 1 unspecified atom stereocenters. The van der Waals surface area contributed by atoms with Gasteiger partial charge in [0.15, 0.2) is 0 Å². The van der Waals surface area contributed by atoms with E-state index in [9.17, 15) is 4.79 Å². The van der Waals surface area contributed by atoms with Crippen molar-refractivity contribution >= 4 is 23.8 Å². The van der Waals surface area contributed by atoms with Crippen molar-refractivity contribution in [2.24, 2.45) is 0 Å². The third kappa shape index (κ3) is 4.44. The minimum atomic E-state index is -3.38. The fourth-order valence-electron chi connectivity index (χ4n) is 2.91. The standard InChI is InChI=1S/C21H20NO3PS/c1-15-13-16(2)20(17(3)14-15)21(23)26(27,24-18-7-5-4-6-8-18)25-19-9-11-22-12-10-19/h4-14H,1-3H3. The Kier molecular flexibility index (Phi) is 5.73. The van der Waals surface area contributed by atoms with Gasteiger partial charge >= 0.3 is 6.49 Å². The SMILES string of the molecule is Cc1cc(C)c(C(=O)P(=S)(Oc2ccccc2)Oc2ccncc2)c(C)c1. The fourth-order valence-corrected chi connectivity index (χ4v) is 5.33. The number of carbonyl (C=O) groups is 1. The number of nitrogens with zero attached hydrogens (tertiary/aromatic N) is 1. The number of carbonyl (C=O) groups excluding carboxylic acids is 1. The Balaban J connectivity index is 2.06. The van der Waals surface area contributed by atoms with Crippen molar-refractivity contribution in [3.05, 3.63) is 89.2 Å². The molecule has 2 aromatic carbocycles. The van der Waals surface area contributed by atoms with Crippen LogP contribution in [0.25, 0.3) is 0 Å². The second kappa shape index (κ2) is 8.03. The molecule has 0 saturated carbocycles. The van der Waals surface area contributed by atoms with Gasteiger partial charge in [0.2, 0.25) is 0 Å². The third-order valence-electron chi connectivity index (χ3n) is 3.98. The molecule has 3 aromatic rings. The van der Waals surface area contributed by atoms with Crippen molar-refractivity contribution in [3.8, 4) is 11.5 Å². The number of hydrogen-bond acceptors (Lipinski definition) is 5. The summed E-state index contributed by atoms with van der Waals surface area (Å²) in [5.41, 5.74) is 3.08. The Morgan fingerprint density at radius 3 is 1.96 bits per heavy atom. The summed E-state index contributed by atoms with van der Waals surface area (Å²) in [6, 6.07) is 16.3. The lowest BCUT2D eigenvalue weighted by atomic mass is 10.0. The van der Waals surface area contributed by atoms with Crippen molar-refractivity contribution in [1.82, 2.24) is 4.98 Å². The predicted octanol–water partition coefficient (Wildman–Crippen LogP) is 5.61. The van der Waals surface area contributed by atoms with Gasteiger partial charge in [-0.2, -0.15) is 0 Å². The number of pyridine rings is 1. The largest absolute Gasteiger partial charge is 0.430 e. The molecule has 0 spiro atoms. The molecule has 0 bridgehead atoms. The van der Waals surface area contributed by atoms with Crippen LogP contribution in [0.2, 0.25) is 0 Å². The highest BCUT2D eigenvalue weighted by Crippen LogP contribution is 2.52. The maximum atomic E-state index is 13.5. The topological polar surface area (TPSA) is 48.4 Å². The lowest BCUT2D eigenvalue weighted by Crippen LogP contribution is -2.14. The van der Waals surface area contributed by atoms with Crippen LogP contribution in [-0.4, -0.2) is 10.5 Å². The molecule has 3 rings (SSSR count). The highest BCUT2D eigenvalue weighted by molar-refractivity contribution is 8.18. The van der Waals surface area contributed by atoms with Crippen LogP contribution in [0.4, 0.5) is 0 Å². The Labute approximate surface area is 164 Å². The van der Waals surface area contributed by atoms with E-state index >= 15 is 0 Å². The van der Waals surface area contributed by atoms with Crippen LogP contribution in [0, 0.1) is 20.8 Å². The van der Waals surface area contributed by atoms with E-state index < -0.39 is 6.49 Å². The zero-order chi connectivity index (χ0) is 19.4. The van der Waals surface area contributed by atoms with Crippen molar-refractivity contribution in [1.29, 1.82) is 0 Å². The van der Waals surface area contributed by atoms with Crippen LogP contribution >= 0.6 is 6.49 Å². The zero-order valence-corrected chi connectivity index (χ0v) is 17.1. The van der Waals surface area contributed by atoms with Crippen LogP contribution < -0.4 is 9.05 Å². The smallest absolute Gasteiger partial charge is 0.360 e. The first-order chi connectivity index (χ1) is 12.9. The Morgan fingerprint density at radius 1 is 0.889 bits per heavy atom. The quantitative estimate of drug-likeness (QED) is 0.506. The maximum absolute atomic E-state index is 13.5. The second-order valence-electron chi connectivity index (χ2n) is 6.25. The van der Waals surface area contributed by atoms with Gasteiger partial charge in [-0.05, 0) is 68.0 Å². The summed E-state index contributed by atoms with van der Waals surface area (Å²) in [6.45, 7) is 2.43. The molecule has 0 fully saturated rings. The molecule has 0 aliphatic carbocycles. The first-order valence-electron chi connectivity index (χ1n) is 8.46. The van der Waals surface area contributed by atoms with E-state index in [4.69, 9.17) is 20.9 Å². The molecule has 0 N–H and O–H groups in total. The van der Waals surface area contributed by atoms with Gasteiger partial charge in [-0.25, -0.2) is 0 Å². The van der Waals surface area contributed by atoms with Crippen molar-refractivity contribution in [3.63, 3.8) is 0 Å². The van der Waals surface area contributed by atoms with Gasteiger partial charge in [-0.1, -0.05) is 35.9 Å². The van der Waals surface area contributed by atoms with Gasteiger partial charge < -0.3 is 9.05 Å². The van der Waals surface area contributed by atoms with E-state index in [0.29, 0.717) is 17.1 Å². The molecule has 6 heteroatoms. The van der Waals surface area contributed by atoms with Crippen LogP contribution in [-0.2, 0) is 11.8 Å². The molecule has 4 nitrogen and oxygen atoms in total. The molecule has 0 aliphatic heterocycles. The molecule has 0 aliphatic rings. The number of para-hydroxylation sites is 1. The summed E-state index contributed by atoms with van der Waals surface area (Å²) < 4.78 is 12.0. The van der Waals surface area contributed by atoms with Gasteiger partial charge in [0.25, 0.3) is 5.52 Å². The van der Waals surface area contributed by atoms with Gasteiger partial charge in [0.05, 0.1) is 0 Å².